The number of nitrogens with one attached hydrogen (secondary N) is 1. The van der Waals surface area contributed by atoms with Crippen molar-refractivity contribution in [2.45, 2.75) is 6.61 Å². The van der Waals surface area contributed by atoms with Gasteiger partial charge in [-0.25, -0.2) is 4.79 Å². The summed E-state index contributed by atoms with van der Waals surface area (Å²) in [4.78, 5) is 26.1. The number of ether oxygens (including phenoxy) is 1. The van der Waals surface area contributed by atoms with Crippen LogP contribution in [0.15, 0.2) is 47.7 Å². The highest BCUT2D eigenvalue weighted by atomic mass is 16.5. The first-order valence-electron chi connectivity index (χ1n) is 8.20. The van der Waals surface area contributed by atoms with E-state index in [4.69, 9.17) is 9.84 Å². The minimum absolute atomic E-state index is 0.0659. The SMILES string of the molecule is COC(=O)C1=C(Nc2cc3ccccc3cc2CO)C(=O)N(CCO)C1. The monoisotopic (exact) mass is 356 g/mol. The molecule has 7 nitrogen and oxygen atoms in total. The summed E-state index contributed by atoms with van der Waals surface area (Å²) in [6, 6.07) is 11.3. The lowest BCUT2D eigenvalue weighted by molar-refractivity contribution is -0.136. The molecule has 2 aromatic carbocycles. The van der Waals surface area contributed by atoms with Crippen molar-refractivity contribution >= 4 is 28.3 Å². The molecule has 0 aromatic heterocycles. The van der Waals surface area contributed by atoms with Gasteiger partial charge in [0, 0.05) is 17.8 Å². The summed E-state index contributed by atoms with van der Waals surface area (Å²) >= 11 is 0. The molecule has 0 atom stereocenters. The Morgan fingerprint density at radius 3 is 2.54 bits per heavy atom. The average molecular weight is 356 g/mol. The number of anilines is 1. The standard InChI is InChI=1S/C19H20N2O5/c1-26-19(25)15-10-21(6-7-22)18(24)17(15)20-16-9-13-5-3-2-4-12(13)8-14(16)11-23/h2-5,8-9,20,22-23H,6-7,10-11H2,1H3. The fourth-order valence-electron chi connectivity index (χ4n) is 3.02. The second-order valence-corrected chi connectivity index (χ2v) is 5.94. The number of aliphatic hydroxyl groups is 2. The van der Waals surface area contributed by atoms with Crippen molar-refractivity contribution in [3.63, 3.8) is 0 Å². The lowest BCUT2D eigenvalue weighted by Crippen LogP contribution is -2.31. The van der Waals surface area contributed by atoms with Gasteiger partial charge in [-0.2, -0.15) is 0 Å². The van der Waals surface area contributed by atoms with E-state index in [1.807, 2.05) is 36.4 Å². The third-order valence-corrected chi connectivity index (χ3v) is 4.36. The number of hydrogen-bond donors (Lipinski definition) is 3. The Hall–Kier alpha value is -2.90. The molecule has 0 radical (unpaired) electrons. The molecule has 0 bridgehead atoms. The first-order valence-corrected chi connectivity index (χ1v) is 8.20. The third kappa shape index (κ3) is 3.26. The van der Waals surface area contributed by atoms with E-state index in [-0.39, 0.29) is 37.6 Å². The minimum Gasteiger partial charge on any atom is -0.466 e. The smallest absolute Gasteiger partial charge is 0.337 e. The second-order valence-electron chi connectivity index (χ2n) is 5.94. The number of esters is 1. The van der Waals surface area contributed by atoms with Crippen molar-refractivity contribution < 1.29 is 24.5 Å². The van der Waals surface area contributed by atoms with Crippen LogP contribution in [0.3, 0.4) is 0 Å². The highest BCUT2D eigenvalue weighted by Gasteiger charge is 2.34. The molecule has 0 aliphatic carbocycles. The molecular formula is C19H20N2O5. The molecule has 1 heterocycles. The molecule has 0 spiro atoms. The van der Waals surface area contributed by atoms with Crippen LogP contribution in [0.1, 0.15) is 5.56 Å². The van der Waals surface area contributed by atoms with E-state index in [1.54, 1.807) is 0 Å². The van der Waals surface area contributed by atoms with Crippen LogP contribution in [0.25, 0.3) is 10.8 Å². The van der Waals surface area contributed by atoms with Crippen molar-refractivity contribution in [1.29, 1.82) is 0 Å². The molecule has 26 heavy (non-hydrogen) atoms. The van der Waals surface area contributed by atoms with Crippen molar-refractivity contribution in [2.24, 2.45) is 0 Å². The number of rotatable bonds is 6. The molecule has 3 rings (SSSR count). The number of carbonyl (C=O) groups excluding carboxylic acids is 2. The van der Waals surface area contributed by atoms with Crippen LogP contribution in [0.5, 0.6) is 0 Å². The Balaban J connectivity index is 2.03. The van der Waals surface area contributed by atoms with Crippen LogP contribution in [0, 0.1) is 0 Å². The summed E-state index contributed by atoms with van der Waals surface area (Å²) in [6.45, 7) is -0.237. The number of nitrogens with zero attached hydrogens (tertiary/aromatic N) is 1. The molecule has 7 heteroatoms. The van der Waals surface area contributed by atoms with Gasteiger partial charge < -0.3 is 25.2 Å². The molecule has 0 saturated heterocycles. The maximum absolute atomic E-state index is 12.6. The molecule has 2 aromatic rings. The van der Waals surface area contributed by atoms with Crippen molar-refractivity contribution in [2.75, 3.05) is 32.1 Å². The fraction of sp³-hybridized carbons (Fsp3) is 0.263. The highest BCUT2D eigenvalue weighted by molar-refractivity contribution is 6.09. The molecule has 136 valence electrons. The van der Waals surface area contributed by atoms with Crippen LogP contribution in [-0.2, 0) is 20.9 Å². The van der Waals surface area contributed by atoms with Crippen LogP contribution in [0.4, 0.5) is 5.69 Å². The van der Waals surface area contributed by atoms with E-state index in [0.29, 0.717) is 11.3 Å². The zero-order valence-electron chi connectivity index (χ0n) is 14.4. The second kappa shape index (κ2) is 7.55. The van der Waals surface area contributed by atoms with Gasteiger partial charge in [0.05, 0.1) is 32.4 Å². The van der Waals surface area contributed by atoms with Crippen LogP contribution < -0.4 is 5.32 Å². The largest absolute Gasteiger partial charge is 0.466 e. The van der Waals surface area contributed by atoms with Crippen molar-refractivity contribution in [3.8, 4) is 0 Å². The summed E-state index contributed by atoms with van der Waals surface area (Å²) in [5.74, 6) is -0.996. The number of β-amino-alcohol motifs (C(OH)–C–C–N with tert-alkyl or cyclic N) is 1. The number of aliphatic hydroxyl groups excluding tert-OH is 2. The summed E-state index contributed by atoms with van der Waals surface area (Å²) in [7, 11) is 1.25. The molecule has 1 aliphatic rings. The predicted molar refractivity (Wildman–Crippen MR) is 96.2 cm³/mol. The molecule has 0 unspecified atom stereocenters. The van der Waals surface area contributed by atoms with Gasteiger partial charge in [0.1, 0.15) is 5.70 Å². The van der Waals surface area contributed by atoms with Gasteiger partial charge in [0.15, 0.2) is 0 Å². The maximum atomic E-state index is 12.6. The van der Waals surface area contributed by atoms with E-state index in [1.165, 1.54) is 12.0 Å². The van der Waals surface area contributed by atoms with Gasteiger partial charge in [0.25, 0.3) is 5.91 Å². The number of methoxy groups -OCH3 is 1. The summed E-state index contributed by atoms with van der Waals surface area (Å²) in [5, 5.41) is 23.7. The van der Waals surface area contributed by atoms with Crippen LogP contribution in [-0.4, -0.2) is 53.8 Å². The quantitative estimate of drug-likeness (QED) is 0.668. The maximum Gasteiger partial charge on any atom is 0.337 e. The van der Waals surface area contributed by atoms with Gasteiger partial charge in [-0.05, 0) is 22.9 Å². The Morgan fingerprint density at radius 1 is 1.23 bits per heavy atom. The van der Waals surface area contributed by atoms with E-state index in [9.17, 15) is 14.7 Å². The number of benzene rings is 2. The average Bonchev–Trinajstić information content (AvgIpc) is 2.97. The lowest BCUT2D eigenvalue weighted by atomic mass is 10.0. The van der Waals surface area contributed by atoms with Crippen LogP contribution in [0.2, 0.25) is 0 Å². The fourth-order valence-corrected chi connectivity index (χ4v) is 3.02. The van der Waals surface area contributed by atoms with Crippen molar-refractivity contribution in [3.05, 3.63) is 53.2 Å². The summed E-state index contributed by atoms with van der Waals surface area (Å²) in [5.41, 5.74) is 1.45. The van der Waals surface area contributed by atoms with Crippen molar-refractivity contribution in [1.82, 2.24) is 4.90 Å². The number of fused-ring (bicyclic) bond motifs is 1. The molecule has 0 saturated carbocycles. The molecular weight excluding hydrogens is 336 g/mol. The lowest BCUT2D eigenvalue weighted by Gasteiger charge is -2.16. The Morgan fingerprint density at radius 2 is 1.92 bits per heavy atom. The van der Waals surface area contributed by atoms with Gasteiger partial charge in [-0.15, -0.1) is 0 Å². The molecule has 1 amide bonds. The molecule has 3 N–H and O–H groups in total. The normalized spacial score (nSPS) is 14.3. The molecule has 0 fully saturated rings. The predicted octanol–water partition coefficient (Wildman–Crippen LogP) is 1.01. The number of hydrogen-bond acceptors (Lipinski definition) is 6. The molecule has 1 aliphatic heterocycles. The topological polar surface area (TPSA) is 99.1 Å². The Labute approximate surface area is 150 Å². The van der Waals surface area contributed by atoms with Gasteiger partial charge in [-0.3, -0.25) is 4.79 Å². The zero-order chi connectivity index (χ0) is 18.7. The highest BCUT2D eigenvalue weighted by Crippen LogP contribution is 2.28. The minimum atomic E-state index is -0.604. The summed E-state index contributed by atoms with van der Waals surface area (Å²) in [6.07, 6.45) is 0. The van der Waals surface area contributed by atoms with E-state index in [0.717, 1.165) is 10.8 Å². The van der Waals surface area contributed by atoms with E-state index in [2.05, 4.69) is 5.32 Å². The summed E-state index contributed by atoms with van der Waals surface area (Å²) < 4.78 is 4.78. The first-order chi connectivity index (χ1) is 12.6. The zero-order valence-corrected chi connectivity index (χ0v) is 14.4. The van der Waals surface area contributed by atoms with Gasteiger partial charge in [0.2, 0.25) is 0 Å². The number of carbonyl (C=O) groups is 2. The van der Waals surface area contributed by atoms with E-state index >= 15 is 0 Å². The van der Waals surface area contributed by atoms with Gasteiger partial charge >= 0.3 is 5.97 Å². The number of amides is 1. The van der Waals surface area contributed by atoms with E-state index < -0.39 is 11.9 Å². The third-order valence-electron chi connectivity index (χ3n) is 4.36. The first kappa shape index (κ1) is 17.9. The Kier molecular flexibility index (Phi) is 5.20. The Bertz CT molecular complexity index is 891. The van der Waals surface area contributed by atoms with Gasteiger partial charge in [-0.1, -0.05) is 24.3 Å². The van der Waals surface area contributed by atoms with Crippen LogP contribution >= 0.6 is 0 Å².